The molecule has 0 heterocycles. The van der Waals surface area contributed by atoms with Crippen LogP contribution in [0.2, 0.25) is 0 Å². The molecule has 0 saturated carbocycles. The first-order chi connectivity index (χ1) is 14.9. The molecule has 0 aliphatic carbocycles. The number of benzene rings is 4. The number of hydrogen-bond donors (Lipinski definition) is 0. The Labute approximate surface area is 216 Å². The summed E-state index contributed by atoms with van der Waals surface area (Å²) >= 11 is 0. The van der Waals surface area contributed by atoms with Gasteiger partial charge >= 0.3 is 21.1 Å². The van der Waals surface area contributed by atoms with Crippen molar-refractivity contribution >= 4 is 0 Å². The standard InChI is InChI=1S/2C12H10O.2C2H6.2CH3.W/c2*1-3-7-11(8-4-1)13-12-9-5-2-6-10-12;2*1-2;;;/h2*1-10H;2*1-2H3;2*1H3;/q;;;;2*-1;+2. The Hall–Kier alpha value is -2.83. The number of hydrogen-bond acceptors (Lipinski definition) is 2. The predicted octanol–water partition coefficient (Wildman–Crippen LogP) is 9.91. The molecule has 0 N–H and O–H groups in total. The maximum atomic E-state index is 5.58. The van der Waals surface area contributed by atoms with Crippen LogP contribution in [0.5, 0.6) is 23.0 Å². The fraction of sp³-hybridized carbons (Fsp3) is 0.133. The third-order valence-corrected chi connectivity index (χ3v) is 3.44. The van der Waals surface area contributed by atoms with Crippen molar-refractivity contribution in [2.45, 2.75) is 27.7 Å². The minimum absolute atomic E-state index is 0. The third kappa shape index (κ3) is 15.6. The van der Waals surface area contributed by atoms with Gasteiger partial charge in [0.15, 0.2) is 0 Å². The molecule has 0 atom stereocenters. The fourth-order valence-corrected chi connectivity index (χ4v) is 2.23. The van der Waals surface area contributed by atoms with Crippen molar-refractivity contribution in [3.05, 3.63) is 136 Å². The van der Waals surface area contributed by atoms with E-state index in [2.05, 4.69) is 0 Å². The molecule has 0 bridgehead atoms. The van der Waals surface area contributed by atoms with E-state index >= 15 is 0 Å². The van der Waals surface area contributed by atoms with Crippen molar-refractivity contribution in [2.24, 2.45) is 0 Å². The molecule has 0 aliphatic rings. The van der Waals surface area contributed by atoms with Crippen LogP contribution in [-0.4, -0.2) is 0 Å². The van der Waals surface area contributed by atoms with E-state index in [1.807, 2.05) is 149 Å². The Morgan fingerprint density at radius 1 is 0.333 bits per heavy atom. The van der Waals surface area contributed by atoms with Crippen molar-refractivity contribution in [2.75, 3.05) is 0 Å². The maximum absolute atomic E-state index is 5.58. The summed E-state index contributed by atoms with van der Waals surface area (Å²) in [5, 5.41) is 0. The molecule has 176 valence electrons. The smallest absolute Gasteiger partial charge is 0.457 e. The molecular weight excluding hydrogens is 576 g/mol. The molecule has 33 heavy (non-hydrogen) atoms. The van der Waals surface area contributed by atoms with Gasteiger partial charge in [-0.05, 0) is 48.5 Å². The van der Waals surface area contributed by atoms with Crippen molar-refractivity contribution < 1.29 is 30.5 Å². The van der Waals surface area contributed by atoms with Crippen LogP contribution in [0.4, 0.5) is 0 Å². The maximum Gasteiger partial charge on any atom is 2.00 e. The van der Waals surface area contributed by atoms with E-state index in [1.165, 1.54) is 0 Å². The summed E-state index contributed by atoms with van der Waals surface area (Å²) < 4.78 is 11.2. The summed E-state index contributed by atoms with van der Waals surface area (Å²) in [6, 6.07) is 39.0. The van der Waals surface area contributed by atoms with Gasteiger partial charge in [-0.2, -0.15) is 0 Å². The van der Waals surface area contributed by atoms with Crippen LogP contribution in [0.15, 0.2) is 121 Å². The molecule has 0 radical (unpaired) electrons. The van der Waals surface area contributed by atoms with Crippen LogP contribution in [0.25, 0.3) is 0 Å². The van der Waals surface area contributed by atoms with Gasteiger partial charge in [-0.25, -0.2) is 0 Å². The molecule has 4 aromatic rings. The largest absolute Gasteiger partial charge is 2.00 e. The van der Waals surface area contributed by atoms with E-state index in [4.69, 9.17) is 9.47 Å². The van der Waals surface area contributed by atoms with Crippen LogP contribution in [0.3, 0.4) is 0 Å². The summed E-state index contributed by atoms with van der Waals surface area (Å²) in [6.45, 7) is 8.00. The molecule has 3 heteroatoms. The van der Waals surface area contributed by atoms with Gasteiger partial charge in [0.25, 0.3) is 0 Å². The van der Waals surface area contributed by atoms with Gasteiger partial charge in [0, 0.05) is 0 Å². The minimum atomic E-state index is 0. The molecule has 4 aromatic carbocycles. The van der Waals surface area contributed by atoms with Crippen LogP contribution in [0.1, 0.15) is 27.7 Å². The van der Waals surface area contributed by atoms with Gasteiger partial charge in [-0.3, -0.25) is 0 Å². The Kier molecular flexibility index (Phi) is 25.1. The van der Waals surface area contributed by atoms with E-state index in [1.54, 1.807) is 0 Å². The van der Waals surface area contributed by atoms with Gasteiger partial charge < -0.3 is 24.3 Å². The molecule has 4 rings (SSSR count). The van der Waals surface area contributed by atoms with Gasteiger partial charge in [0.1, 0.15) is 23.0 Å². The zero-order chi connectivity index (χ0) is 21.9. The Bertz CT molecular complexity index is 716. The Morgan fingerprint density at radius 2 is 0.485 bits per heavy atom. The monoisotopic (exact) mass is 614 g/mol. The van der Waals surface area contributed by atoms with E-state index in [0.29, 0.717) is 0 Å². The normalized spacial score (nSPS) is 7.88. The molecule has 0 amide bonds. The van der Waals surface area contributed by atoms with Crippen LogP contribution in [0, 0.1) is 14.9 Å². The fourth-order valence-electron chi connectivity index (χ4n) is 2.23. The zero-order valence-corrected chi connectivity index (χ0v) is 23.7. The van der Waals surface area contributed by atoms with Crippen molar-refractivity contribution in [3.8, 4) is 23.0 Å². The summed E-state index contributed by atoms with van der Waals surface area (Å²) in [5.74, 6) is 3.48. The average molecular weight is 614 g/mol. The van der Waals surface area contributed by atoms with E-state index in [9.17, 15) is 0 Å². The topological polar surface area (TPSA) is 18.5 Å². The minimum Gasteiger partial charge on any atom is -0.457 e. The van der Waals surface area contributed by atoms with Gasteiger partial charge in [-0.15, -0.1) is 0 Å². The second-order valence-electron chi connectivity index (χ2n) is 5.46. The first kappa shape index (κ1) is 34.8. The van der Waals surface area contributed by atoms with Crippen LogP contribution < -0.4 is 9.47 Å². The Balaban J connectivity index is -0.000000439. The number of ether oxygens (including phenoxy) is 2. The molecule has 0 spiro atoms. The van der Waals surface area contributed by atoms with E-state index in [0.717, 1.165) is 23.0 Å². The third-order valence-electron chi connectivity index (χ3n) is 3.44. The molecular formula is C30H38O2W. The van der Waals surface area contributed by atoms with Crippen LogP contribution >= 0.6 is 0 Å². The number of rotatable bonds is 4. The first-order valence-corrected chi connectivity index (χ1v) is 10.5. The van der Waals surface area contributed by atoms with Crippen molar-refractivity contribution in [3.63, 3.8) is 0 Å². The average Bonchev–Trinajstić information content (AvgIpc) is 2.85. The van der Waals surface area contributed by atoms with Gasteiger partial charge in [-0.1, -0.05) is 100 Å². The van der Waals surface area contributed by atoms with Crippen molar-refractivity contribution in [1.29, 1.82) is 0 Å². The molecule has 0 aromatic heterocycles. The molecule has 0 fully saturated rings. The van der Waals surface area contributed by atoms with Crippen LogP contribution in [-0.2, 0) is 21.1 Å². The summed E-state index contributed by atoms with van der Waals surface area (Å²) in [7, 11) is 0. The zero-order valence-electron chi connectivity index (χ0n) is 20.8. The Morgan fingerprint density at radius 3 is 0.636 bits per heavy atom. The first-order valence-electron chi connectivity index (χ1n) is 10.5. The summed E-state index contributed by atoms with van der Waals surface area (Å²) in [5.41, 5.74) is 0. The molecule has 2 nitrogen and oxygen atoms in total. The predicted molar refractivity (Wildman–Crippen MR) is 141 cm³/mol. The molecule has 0 unspecified atom stereocenters. The second-order valence-corrected chi connectivity index (χ2v) is 5.46. The summed E-state index contributed by atoms with van der Waals surface area (Å²) in [4.78, 5) is 0. The number of para-hydroxylation sites is 4. The molecule has 0 saturated heterocycles. The van der Waals surface area contributed by atoms with E-state index in [-0.39, 0.29) is 35.9 Å². The quantitative estimate of drug-likeness (QED) is 0.213. The summed E-state index contributed by atoms with van der Waals surface area (Å²) in [6.07, 6.45) is 0. The molecule has 0 aliphatic heterocycles. The van der Waals surface area contributed by atoms with Crippen molar-refractivity contribution in [1.82, 2.24) is 0 Å². The van der Waals surface area contributed by atoms with Gasteiger partial charge in [0.05, 0.1) is 0 Å². The SMILES string of the molecule is CC.CC.[CH3-].[CH3-].[W+2].c1ccc(Oc2ccccc2)cc1.c1ccc(Oc2ccccc2)cc1. The van der Waals surface area contributed by atoms with E-state index < -0.39 is 0 Å². The second kappa shape index (κ2) is 23.8. The van der Waals surface area contributed by atoms with Gasteiger partial charge in [0.2, 0.25) is 0 Å².